The van der Waals surface area contributed by atoms with Crippen LogP contribution in [-0.4, -0.2) is 61.6 Å². The largest absolute Gasteiger partial charge is 0.416 e. The molecule has 1 saturated carbocycles. The van der Waals surface area contributed by atoms with Crippen molar-refractivity contribution in [2.45, 2.75) is 44.3 Å². The number of carbonyl (C=O) groups is 1. The van der Waals surface area contributed by atoms with E-state index < -0.39 is 11.7 Å². The lowest BCUT2D eigenvalue weighted by atomic mass is 9.84. The number of hydrogen-bond donors (Lipinski definition) is 1. The highest BCUT2D eigenvalue weighted by Gasteiger charge is 2.31. The summed E-state index contributed by atoms with van der Waals surface area (Å²) in [5.41, 5.74) is 0.0778. The van der Waals surface area contributed by atoms with E-state index in [2.05, 4.69) is 10.2 Å². The Hall–Kier alpha value is -1.41. The zero-order valence-corrected chi connectivity index (χ0v) is 18.4. The first kappa shape index (κ1) is 23.3. The minimum absolute atomic E-state index is 0.143. The third-order valence-corrected chi connectivity index (χ3v) is 6.80. The lowest BCUT2D eigenvalue weighted by Gasteiger charge is -2.37. The molecule has 168 valence electrons. The van der Waals surface area contributed by atoms with Gasteiger partial charge in [0.05, 0.1) is 11.3 Å². The normalized spacial score (nSPS) is 23.4. The molecule has 0 unspecified atom stereocenters. The van der Waals surface area contributed by atoms with E-state index in [0.29, 0.717) is 23.4 Å². The fraction of sp³-hybridized carbons (Fsp3) is 0.682. The second kappa shape index (κ2) is 10.8. The summed E-state index contributed by atoms with van der Waals surface area (Å²) in [6, 6.07) is 5.97. The molecule has 4 nitrogen and oxygen atoms in total. The average Bonchev–Trinajstić information content (AvgIpc) is 2.73. The summed E-state index contributed by atoms with van der Waals surface area (Å²) in [4.78, 5) is 16.2. The van der Waals surface area contributed by atoms with Gasteiger partial charge in [0.15, 0.2) is 0 Å². The number of anilines is 1. The van der Waals surface area contributed by atoms with Gasteiger partial charge in [-0.1, -0.05) is 6.07 Å². The van der Waals surface area contributed by atoms with E-state index in [9.17, 15) is 18.0 Å². The molecule has 1 aliphatic carbocycles. The van der Waals surface area contributed by atoms with Crippen LogP contribution in [0.4, 0.5) is 18.9 Å². The summed E-state index contributed by atoms with van der Waals surface area (Å²) in [6.45, 7) is 4.34. The van der Waals surface area contributed by atoms with Crippen molar-refractivity contribution in [1.29, 1.82) is 0 Å². The first-order chi connectivity index (χ1) is 14.3. The van der Waals surface area contributed by atoms with Gasteiger partial charge in [0.25, 0.3) is 0 Å². The van der Waals surface area contributed by atoms with Crippen LogP contribution in [0.1, 0.15) is 37.7 Å². The van der Waals surface area contributed by atoms with Crippen molar-refractivity contribution in [3.05, 3.63) is 29.8 Å². The number of amides is 1. The summed E-state index contributed by atoms with van der Waals surface area (Å²) in [6.07, 6.45) is 3.25. The summed E-state index contributed by atoms with van der Waals surface area (Å²) < 4.78 is 38.8. The van der Waals surface area contributed by atoms with Gasteiger partial charge in [-0.3, -0.25) is 9.69 Å². The second-order valence-corrected chi connectivity index (χ2v) is 9.25. The molecule has 1 N–H and O–H groups in total. The molecule has 0 atom stereocenters. The molecule has 1 aromatic rings. The van der Waals surface area contributed by atoms with Crippen LogP contribution < -0.4 is 10.2 Å². The summed E-state index contributed by atoms with van der Waals surface area (Å²) >= 11 is 1.55. The molecule has 0 spiro atoms. The SMILES string of the molecule is CSCC(=O)NC1CCC(CCN2CCN(c3cccc(C(F)(F)F)c3)CC2)CC1. The topological polar surface area (TPSA) is 35.6 Å². The van der Waals surface area contributed by atoms with Crippen LogP contribution in [-0.2, 0) is 11.0 Å². The zero-order chi connectivity index (χ0) is 21.6. The van der Waals surface area contributed by atoms with Crippen molar-refractivity contribution < 1.29 is 18.0 Å². The lowest BCUT2D eigenvalue weighted by Crippen LogP contribution is -2.47. The highest BCUT2D eigenvalue weighted by Crippen LogP contribution is 2.32. The van der Waals surface area contributed by atoms with Crippen molar-refractivity contribution in [1.82, 2.24) is 10.2 Å². The molecule has 2 aliphatic rings. The molecule has 1 heterocycles. The Morgan fingerprint density at radius 1 is 1.13 bits per heavy atom. The Bertz CT molecular complexity index is 684. The van der Waals surface area contributed by atoms with Gasteiger partial charge >= 0.3 is 6.18 Å². The molecule has 1 aliphatic heterocycles. The van der Waals surface area contributed by atoms with E-state index in [1.54, 1.807) is 17.8 Å². The standard InChI is InChI=1S/C22H32F3N3OS/c1-30-16-21(29)26-19-7-5-17(6-8-19)9-10-27-11-13-28(14-12-27)20-4-2-3-18(15-20)22(23,24)25/h2-4,15,17,19H,5-14,16H2,1H3,(H,26,29). The maximum atomic E-state index is 12.9. The number of piperazine rings is 1. The highest BCUT2D eigenvalue weighted by atomic mass is 32.2. The van der Waals surface area contributed by atoms with Crippen LogP contribution in [0.3, 0.4) is 0 Å². The molecular formula is C22H32F3N3OS. The van der Waals surface area contributed by atoms with Crippen molar-refractivity contribution in [2.75, 3.05) is 49.6 Å². The van der Waals surface area contributed by atoms with E-state index >= 15 is 0 Å². The molecule has 0 bridgehead atoms. The van der Waals surface area contributed by atoms with Gasteiger partial charge < -0.3 is 10.2 Å². The zero-order valence-electron chi connectivity index (χ0n) is 17.6. The van der Waals surface area contributed by atoms with E-state index in [1.807, 2.05) is 11.2 Å². The molecule has 30 heavy (non-hydrogen) atoms. The fourth-order valence-electron chi connectivity index (χ4n) is 4.47. The maximum absolute atomic E-state index is 12.9. The Kier molecular flexibility index (Phi) is 8.34. The van der Waals surface area contributed by atoms with Crippen LogP contribution in [0.25, 0.3) is 0 Å². The quantitative estimate of drug-likeness (QED) is 0.683. The highest BCUT2D eigenvalue weighted by molar-refractivity contribution is 7.99. The van der Waals surface area contributed by atoms with Crippen molar-refractivity contribution in [3.63, 3.8) is 0 Å². The van der Waals surface area contributed by atoms with Crippen LogP contribution in [0, 0.1) is 5.92 Å². The van der Waals surface area contributed by atoms with Gasteiger partial charge in [0.1, 0.15) is 0 Å². The number of rotatable bonds is 7. The van der Waals surface area contributed by atoms with E-state index in [0.717, 1.165) is 70.9 Å². The summed E-state index contributed by atoms with van der Waals surface area (Å²) in [5, 5.41) is 3.13. The molecular weight excluding hydrogens is 411 g/mol. The Balaban J connectivity index is 1.36. The van der Waals surface area contributed by atoms with Gasteiger partial charge in [-0.2, -0.15) is 24.9 Å². The van der Waals surface area contributed by atoms with Gasteiger partial charge in [-0.05, 0) is 69.0 Å². The first-order valence-corrected chi connectivity index (χ1v) is 12.2. The predicted octanol–water partition coefficient (Wildman–Crippen LogP) is 4.26. The first-order valence-electron chi connectivity index (χ1n) is 10.8. The number of alkyl halides is 3. The number of halogens is 3. The minimum atomic E-state index is -4.30. The molecule has 1 amide bonds. The number of benzene rings is 1. The number of nitrogens with zero attached hydrogens (tertiary/aromatic N) is 2. The van der Waals surface area contributed by atoms with E-state index in [1.165, 1.54) is 12.1 Å². The van der Waals surface area contributed by atoms with Gasteiger partial charge in [0, 0.05) is 37.9 Å². The van der Waals surface area contributed by atoms with Crippen molar-refractivity contribution >= 4 is 23.4 Å². The van der Waals surface area contributed by atoms with Crippen LogP contribution in [0.5, 0.6) is 0 Å². The Morgan fingerprint density at radius 2 is 1.83 bits per heavy atom. The summed E-state index contributed by atoms with van der Waals surface area (Å²) in [7, 11) is 0. The van der Waals surface area contributed by atoms with Gasteiger partial charge in [-0.15, -0.1) is 0 Å². The number of carbonyl (C=O) groups excluding carboxylic acids is 1. The Labute approximate surface area is 181 Å². The van der Waals surface area contributed by atoms with E-state index in [4.69, 9.17) is 0 Å². The van der Waals surface area contributed by atoms with Crippen LogP contribution >= 0.6 is 11.8 Å². The number of thioether (sulfide) groups is 1. The predicted molar refractivity (Wildman–Crippen MR) is 117 cm³/mol. The molecule has 1 aromatic carbocycles. The smallest absolute Gasteiger partial charge is 0.369 e. The lowest BCUT2D eigenvalue weighted by molar-refractivity contribution is -0.137. The molecule has 8 heteroatoms. The number of nitrogens with one attached hydrogen (secondary N) is 1. The third-order valence-electron chi connectivity index (χ3n) is 6.25. The average molecular weight is 444 g/mol. The van der Waals surface area contributed by atoms with Crippen molar-refractivity contribution in [2.24, 2.45) is 5.92 Å². The molecule has 0 radical (unpaired) electrons. The summed E-state index contributed by atoms with van der Waals surface area (Å²) in [5.74, 6) is 1.39. The monoisotopic (exact) mass is 443 g/mol. The van der Waals surface area contributed by atoms with Crippen molar-refractivity contribution in [3.8, 4) is 0 Å². The minimum Gasteiger partial charge on any atom is -0.369 e. The fourth-order valence-corrected chi connectivity index (χ4v) is 4.82. The van der Waals surface area contributed by atoms with E-state index in [-0.39, 0.29) is 5.91 Å². The van der Waals surface area contributed by atoms with Gasteiger partial charge in [0.2, 0.25) is 5.91 Å². The van der Waals surface area contributed by atoms with Crippen LogP contribution in [0.15, 0.2) is 24.3 Å². The molecule has 0 aromatic heterocycles. The molecule has 2 fully saturated rings. The van der Waals surface area contributed by atoms with Gasteiger partial charge in [-0.25, -0.2) is 0 Å². The molecule has 3 rings (SSSR count). The Morgan fingerprint density at radius 3 is 2.47 bits per heavy atom. The number of hydrogen-bond acceptors (Lipinski definition) is 4. The molecule has 1 saturated heterocycles. The second-order valence-electron chi connectivity index (χ2n) is 8.38. The third kappa shape index (κ3) is 6.80. The maximum Gasteiger partial charge on any atom is 0.416 e. The van der Waals surface area contributed by atoms with Crippen LogP contribution in [0.2, 0.25) is 0 Å².